The number of aryl methyl sites for hydroxylation is 1. The van der Waals surface area contributed by atoms with Crippen LogP contribution in [0.1, 0.15) is 33.0 Å². The third-order valence-corrected chi connectivity index (χ3v) is 4.56. The molecular weight excluding hydrogens is 270 g/mol. The molecule has 0 aromatic carbocycles. The molecule has 1 unspecified atom stereocenters. The maximum absolute atomic E-state index is 12.3. The molecule has 1 aliphatic heterocycles. The van der Waals surface area contributed by atoms with Crippen molar-refractivity contribution < 1.29 is 4.79 Å². The summed E-state index contributed by atoms with van der Waals surface area (Å²) in [6.45, 7) is 4.36. The van der Waals surface area contributed by atoms with E-state index in [-0.39, 0.29) is 11.9 Å². The van der Waals surface area contributed by atoms with E-state index >= 15 is 0 Å². The van der Waals surface area contributed by atoms with Crippen molar-refractivity contribution in [2.45, 2.75) is 25.8 Å². The fraction of sp³-hybridized carbons (Fsp3) is 0.533. The predicted molar refractivity (Wildman–Crippen MR) is 83.0 cm³/mol. The number of hydrogen-bond donors (Lipinski definition) is 2. The van der Waals surface area contributed by atoms with Gasteiger partial charge in [-0.3, -0.25) is 4.79 Å². The minimum Gasteiger partial charge on any atom is -0.347 e. The lowest BCUT2D eigenvalue weighted by molar-refractivity contribution is 0.0916. The molecule has 1 saturated heterocycles. The summed E-state index contributed by atoms with van der Waals surface area (Å²) in [5.74, 6) is 5.86. The van der Waals surface area contributed by atoms with E-state index < -0.39 is 0 Å². The average molecular weight is 291 g/mol. The lowest BCUT2D eigenvalue weighted by atomic mass is 10.1. The first kappa shape index (κ1) is 15.0. The number of thiophene rings is 1. The second-order valence-corrected chi connectivity index (χ2v) is 6.26. The highest BCUT2D eigenvalue weighted by Crippen LogP contribution is 2.21. The van der Waals surface area contributed by atoms with Gasteiger partial charge in [-0.05, 0) is 45.0 Å². The Balaban J connectivity index is 2.02. The highest BCUT2D eigenvalue weighted by atomic mass is 32.1. The van der Waals surface area contributed by atoms with Gasteiger partial charge in [-0.25, -0.2) is 0 Å². The summed E-state index contributed by atoms with van der Waals surface area (Å²) in [6, 6.07) is 2.16. The monoisotopic (exact) mass is 291 g/mol. The number of carbonyl (C=O) groups is 1. The Morgan fingerprint density at radius 1 is 1.65 bits per heavy atom. The Morgan fingerprint density at radius 3 is 3.15 bits per heavy atom. The zero-order valence-electron chi connectivity index (χ0n) is 12.0. The van der Waals surface area contributed by atoms with Crippen molar-refractivity contribution in [1.29, 1.82) is 0 Å². The SMILES string of the molecule is Cc1cc(C(=O)NC2CCCN(C)C2)sc1C#CCN. The van der Waals surface area contributed by atoms with Gasteiger partial charge in [-0.15, -0.1) is 11.3 Å². The summed E-state index contributed by atoms with van der Waals surface area (Å²) in [6.07, 6.45) is 2.19. The Kier molecular flexibility index (Phi) is 5.18. The van der Waals surface area contributed by atoms with Crippen LogP contribution in [0.25, 0.3) is 0 Å². The Morgan fingerprint density at radius 2 is 2.45 bits per heavy atom. The van der Waals surface area contributed by atoms with E-state index in [1.165, 1.54) is 11.3 Å². The topological polar surface area (TPSA) is 58.4 Å². The molecule has 0 spiro atoms. The minimum atomic E-state index is 0.0131. The van der Waals surface area contributed by atoms with Gasteiger partial charge in [-0.1, -0.05) is 11.8 Å². The van der Waals surface area contributed by atoms with Gasteiger partial charge < -0.3 is 16.0 Å². The molecule has 3 N–H and O–H groups in total. The normalized spacial score (nSPS) is 19.2. The third kappa shape index (κ3) is 3.83. The molecular formula is C15H21N3OS. The summed E-state index contributed by atoms with van der Waals surface area (Å²) < 4.78 is 0. The van der Waals surface area contributed by atoms with Gasteiger partial charge >= 0.3 is 0 Å². The quantitative estimate of drug-likeness (QED) is 0.805. The highest BCUT2D eigenvalue weighted by Gasteiger charge is 2.20. The van der Waals surface area contributed by atoms with E-state index in [4.69, 9.17) is 5.73 Å². The molecule has 0 saturated carbocycles. The van der Waals surface area contributed by atoms with Crippen molar-refractivity contribution >= 4 is 17.2 Å². The first-order valence-corrected chi connectivity index (χ1v) is 7.70. The van der Waals surface area contributed by atoms with Crippen LogP contribution in [0.15, 0.2) is 6.07 Å². The van der Waals surface area contributed by atoms with E-state index in [1.54, 1.807) is 0 Å². The van der Waals surface area contributed by atoms with Gasteiger partial charge in [0.15, 0.2) is 0 Å². The van der Waals surface area contributed by atoms with Crippen molar-refractivity contribution in [3.05, 3.63) is 21.4 Å². The standard InChI is InChI=1S/C15H21N3OS/c1-11-9-14(20-13(11)6-3-7-16)15(19)17-12-5-4-8-18(2)10-12/h9,12H,4-5,7-8,10,16H2,1-2H3,(H,17,19). The van der Waals surface area contributed by atoms with Crippen molar-refractivity contribution in [2.75, 3.05) is 26.7 Å². The summed E-state index contributed by atoms with van der Waals surface area (Å²) in [7, 11) is 2.09. The third-order valence-electron chi connectivity index (χ3n) is 3.41. The first-order chi connectivity index (χ1) is 9.60. The average Bonchev–Trinajstić information content (AvgIpc) is 2.78. The van der Waals surface area contributed by atoms with Crippen LogP contribution in [0, 0.1) is 18.8 Å². The summed E-state index contributed by atoms with van der Waals surface area (Å²) >= 11 is 1.44. The fourth-order valence-corrected chi connectivity index (χ4v) is 3.34. The Labute approximate surface area is 124 Å². The summed E-state index contributed by atoms with van der Waals surface area (Å²) in [4.78, 5) is 16.2. The number of nitrogens with zero attached hydrogens (tertiary/aromatic N) is 1. The van der Waals surface area contributed by atoms with Gasteiger partial charge in [0, 0.05) is 12.6 Å². The highest BCUT2D eigenvalue weighted by molar-refractivity contribution is 7.14. The lowest BCUT2D eigenvalue weighted by Gasteiger charge is -2.30. The van der Waals surface area contributed by atoms with Crippen LogP contribution < -0.4 is 11.1 Å². The molecule has 1 aliphatic rings. The van der Waals surface area contributed by atoms with Crippen LogP contribution in [0.2, 0.25) is 0 Å². The molecule has 1 aromatic rings. The lowest BCUT2D eigenvalue weighted by Crippen LogP contribution is -2.46. The van der Waals surface area contributed by atoms with E-state index in [1.807, 2.05) is 13.0 Å². The zero-order chi connectivity index (χ0) is 14.5. The maximum Gasteiger partial charge on any atom is 0.261 e. The second kappa shape index (κ2) is 6.89. The second-order valence-electron chi connectivity index (χ2n) is 5.20. The molecule has 4 nitrogen and oxygen atoms in total. The molecule has 0 radical (unpaired) electrons. The number of nitrogens with two attached hydrogens (primary N) is 1. The van der Waals surface area contributed by atoms with Crippen LogP contribution in [0.4, 0.5) is 0 Å². The van der Waals surface area contributed by atoms with Gasteiger partial charge in [0.05, 0.1) is 16.3 Å². The first-order valence-electron chi connectivity index (χ1n) is 6.89. The summed E-state index contributed by atoms with van der Waals surface area (Å²) in [5.41, 5.74) is 6.42. The van der Waals surface area contributed by atoms with Gasteiger partial charge in [0.1, 0.15) is 0 Å². The predicted octanol–water partition coefficient (Wildman–Crippen LogP) is 1.19. The number of amides is 1. The van der Waals surface area contributed by atoms with Crippen LogP contribution in [0.3, 0.4) is 0 Å². The molecule has 1 fully saturated rings. The van der Waals surface area contributed by atoms with E-state index in [0.29, 0.717) is 6.54 Å². The molecule has 1 atom stereocenters. The molecule has 2 heterocycles. The molecule has 0 aliphatic carbocycles. The van der Waals surface area contributed by atoms with Crippen molar-refractivity contribution in [3.63, 3.8) is 0 Å². The molecule has 5 heteroatoms. The van der Waals surface area contributed by atoms with Gasteiger partial charge in [-0.2, -0.15) is 0 Å². The Bertz CT molecular complexity index is 541. The Hall–Kier alpha value is -1.35. The number of piperidine rings is 1. The van der Waals surface area contributed by atoms with E-state index in [0.717, 1.165) is 41.2 Å². The molecule has 1 aromatic heterocycles. The fourth-order valence-electron chi connectivity index (χ4n) is 2.39. The number of rotatable bonds is 2. The number of carbonyl (C=O) groups excluding carboxylic acids is 1. The molecule has 20 heavy (non-hydrogen) atoms. The maximum atomic E-state index is 12.3. The van der Waals surface area contributed by atoms with E-state index in [2.05, 4.69) is 29.1 Å². The molecule has 2 rings (SSSR count). The molecule has 0 bridgehead atoms. The molecule has 1 amide bonds. The minimum absolute atomic E-state index is 0.0131. The van der Waals surface area contributed by atoms with Crippen LogP contribution in [0.5, 0.6) is 0 Å². The molecule has 108 valence electrons. The van der Waals surface area contributed by atoms with Crippen molar-refractivity contribution in [3.8, 4) is 11.8 Å². The van der Waals surface area contributed by atoms with Crippen molar-refractivity contribution in [2.24, 2.45) is 5.73 Å². The van der Waals surface area contributed by atoms with Crippen LogP contribution in [-0.2, 0) is 0 Å². The van der Waals surface area contributed by atoms with Crippen LogP contribution >= 0.6 is 11.3 Å². The summed E-state index contributed by atoms with van der Waals surface area (Å²) in [5, 5.41) is 3.12. The number of likely N-dealkylation sites (N-methyl/N-ethyl adjacent to an activating group) is 1. The number of likely N-dealkylation sites (tertiary alicyclic amines) is 1. The van der Waals surface area contributed by atoms with Gasteiger partial charge in [0.2, 0.25) is 0 Å². The zero-order valence-corrected chi connectivity index (χ0v) is 12.8. The van der Waals surface area contributed by atoms with Crippen LogP contribution in [-0.4, -0.2) is 43.5 Å². The van der Waals surface area contributed by atoms with Crippen molar-refractivity contribution in [1.82, 2.24) is 10.2 Å². The number of nitrogens with one attached hydrogen (secondary N) is 1. The smallest absolute Gasteiger partial charge is 0.261 e. The van der Waals surface area contributed by atoms with Gasteiger partial charge in [0.25, 0.3) is 5.91 Å². The number of hydrogen-bond acceptors (Lipinski definition) is 4. The van der Waals surface area contributed by atoms with E-state index in [9.17, 15) is 4.79 Å². The largest absolute Gasteiger partial charge is 0.347 e.